The van der Waals surface area contributed by atoms with E-state index in [0.717, 1.165) is 18.4 Å². The van der Waals surface area contributed by atoms with Crippen molar-refractivity contribution in [3.05, 3.63) is 23.8 Å². The van der Waals surface area contributed by atoms with Gasteiger partial charge in [0.1, 0.15) is 6.10 Å². The molecule has 2 rings (SSSR count). The Kier molecular flexibility index (Phi) is 5.24. The summed E-state index contributed by atoms with van der Waals surface area (Å²) in [6, 6.07) is 5.57. The molecule has 1 aromatic carbocycles. The minimum Gasteiger partial charge on any atom is -0.493 e. The summed E-state index contributed by atoms with van der Waals surface area (Å²) in [4.78, 5) is 10.6. The first-order chi connectivity index (χ1) is 9.69. The molecule has 1 N–H and O–H groups in total. The van der Waals surface area contributed by atoms with Gasteiger partial charge in [-0.15, -0.1) is 0 Å². The van der Waals surface area contributed by atoms with Gasteiger partial charge in [0.15, 0.2) is 11.5 Å². The van der Waals surface area contributed by atoms with Crippen LogP contribution in [0.1, 0.15) is 24.8 Å². The predicted octanol–water partition coefficient (Wildman–Crippen LogP) is 2.27. The van der Waals surface area contributed by atoms with E-state index in [-0.39, 0.29) is 12.5 Å². The van der Waals surface area contributed by atoms with E-state index >= 15 is 0 Å². The minimum absolute atomic E-state index is 0.114. The number of carboxylic acid groups (broad SMARTS) is 1. The third-order valence-corrected chi connectivity index (χ3v) is 3.32. The standard InChI is InChI=1S/C15H20O5/c1-18-13-4-2-11(3-5-15(16)17)10-14(13)20-12-6-8-19-9-7-12/h2,4,10,12H,3,5-9H2,1H3,(H,16,17). The summed E-state index contributed by atoms with van der Waals surface area (Å²) in [5.41, 5.74) is 0.940. The maximum Gasteiger partial charge on any atom is 0.303 e. The molecule has 5 heteroatoms. The van der Waals surface area contributed by atoms with Crippen LogP contribution in [0.4, 0.5) is 0 Å². The van der Waals surface area contributed by atoms with Crippen LogP contribution in [0.15, 0.2) is 18.2 Å². The molecule has 0 aliphatic carbocycles. The molecule has 0 aromatic heterocycles. The van der Waals surface area contributed by atoms with E-state index in [0.29, 0.717) is 31.1 Å². The van der Waals surface area contributed by atoms with E-state index in [1.807, 2.05) is 18.2 Å². The van der Waals surface area contributed by atoms with Crippen LogP contribution in [-0.4, -0.2) is 37.5 Å². The highest BCUT2D eigenvalue weighted by Gasteiger charge is 2.17. The zero-order valence-corrected chi connectivity index (χ0v) is 11.6. The highest BCUT2D eigenvalue weighted by Crippen LogP contribution is 2.30. The third kappa shape index (κ3) is 4.13. The van der Waals surface area contributed by atoms with E-state index in [1.54, 1.807) is 7.11 Å². The smallest absolute Gasteiger partial charge is 0.303 e. The topological polar surface area (TPSA) is 65.0 Å². The second-order valence-electron chi connectivity index (χ2n) is 4.81. The molecule has 0 radical (unpaired) electrons. The van der Waals surface area contributed by atoms with Gasteiger partial charge in [0, 0.05) is 19.3 Å². The molecule has 110 valence electrons. The predicted molar refractivity (Wildman–Crippen MR) is 73.4 cm³/mol. The van der Waals surface area contributed by atoms with Gasteiger partial charge in [0.25, 0.3) is 0 Å². The van der Waals surface area contributed by atoms with Gasteiger partial charge >= 0.3 is 5.97 Å². The third-order valence-electron chi connectivity index (χ3n) is 3.32. The summed E-state index contributed by atoms with van der Waals surface area (Å²) < 4.78 is 16.6. The molecule has 0 amide bonds. The van der Waals surface area contributed by atoms with Gasteiger partial charge in [-0.05, 0) is 24.1 Å². The zero-order chi connectivity index (χ0) is 14.4. The Hall–Kier alpha value is -1.75. The second-order valence-corrected chi connectivity index (χ2v) is 4.81. The highest BCUT2D eigenvalue weighted by atomic mass is 16.5. The van der Waals surface area contributed by atoms with Crippen LogP contribution in [0.2, 0.25) is 0 Å². The normalized spacial score (nSPS) is 15.8. The summed E-state index contributed by atoms with van der Waals surface area (Å²) >= 11 is 0. The second kappa shape index (κ2) is 7.14. The van der Waals surface area contributed by atoms with E-state index < -0.39 is 5.97 Å². The summed E-state index contributed by atoms with van der Waals surface area (Å²) in [7, 11) is 1.60. The number of carbonyl (C=O) groups is 1. The van der Waals surface area contributed by atoms with Crippen LogP contribution in [0.5, 0.6) is 11.5 Å². The Balaban J connectivity index is 2.07. The fourth-order valence-electron chi connectivity index (χ4n) is 2.19. The molecule has 5 nitrogen and oxygen atoms in total. The largest absolute Gasteiger partial charge is 0.493 e. The maximum atomic E-state index is 10.6. The Labute approximate surface area is 118 Å². The Morgan fingerprint density at radius 3 is 2.75 bits per heavy atom. The lowest BCUT2D eigenvalue weighted by molar-refractivity contribution is -0.136. The van der Waals surface area contributed by atoms with Gasteiger partial charge in [0.05, 0.1) is 20.3 Å². The van der Waals surface area contributed by atoms with Crippen molar-refractivity contribution < 1.29 is 24.1 Å². The molecule has 1 fully saturated rings. The number of aliphatic carboxylic acids is 1. The summed E-state index contributed by atoms with van der Waals surface area (Å²) in [5.74, 6) is 0.561. The van der Waals surface area contributed by atoms with Crippen molar-refractivity contribution in [1.82, 2.24) is 0 Å². The van der Waals surface area contributed by atoms with Crippen molar-refractivity contribution in [3.8, 4) is 11.5 Å². The quantitative estimate of drug-likeness (QED) is 0.866. The zero-order valence-electron chi connectivity index (χ0n) is 11.6. The molecular formula is C15H20O5. The van der Waals surface area contributed by atoms with Gasteiger partial charge in [-0.1, -0.05) is 6.07 Å². The van der Waals surface area contributed by atoms with Crippen LogP contribution < -0.4 is 9.47 Å². The number of methoxy groups -OCH3 is 1. The molecule has 1 aliphatic heterocycles. The molecule has 1 heterocycles. The number of rotatable bonds is 6. The Bertz CT molecular complexity index is 452. The fourth-order valence-corrected chi connectivity index (χ4v) is 2.19. The highest BCUT2D eigenvalue weighted by molar-refractivity contribution is 5.67. The van der Waals surface area contributed by atoms with E-state index in [4.69, 9.17) is 19.3 Å². The van der Waals surface area contributed by atoms with Crippen molar-refractivity contribution in [1.29, 1.82) is 0 Å². The summed E-state index contributed by atoms with van der Waals surface area (Å²) in [5, 5.41) is 8.74. The van der Waals surface area contributed by atoms with Crippen molar-refractivity contribution in [2.24, 2.45) is 0 Å². The molecule has 0 unspecified atom stereocenters. The number of hydrogen-bond donors (Lipinski definition) is 1. The van der Waals surface area contributed by atoms with Crippen LogP contribution in [-0.2, 0) is 16.0 Å². The number of ether oxygens (including phenoxy) is 3. The van der Waals surface area contributed by atoms with Gasteiger partial charge in [0.2, 0.25) is 0 Å². The summed E-state index contributed by atoms with van der Waals surface area (Å²) in [6.07, 6.45) is 2.46. The van der Waals surface area contributed by atoms with Crippen LogP contribution >= 0.6 is 0 Å². The van der Waals surface area contributed by atoms with E-state index in [2.05, 4.69) is 0 Å². The monoisotopic (exact) mass is 280 g/mol. The number of benzene rings is 1. The van der Waals surface area contributed by atoms with Gasteiger partial charge in [-0.25, -0.2) is 0 Å². The molecule has 0 bridgehead atoms. The average molecular weight is 280 g/mol. The Morgan fingerprint density at radius 1 is 1.35 bits per heavy atom. The van der Waals surface area contributed by atoms with Crippen LogP contribution in [0.3, 0.4) is 0 Å². The van der Waals surface area contributed by atoms with Gasteiger partial charge in [-0.3, -0.25) is 4.79 Å². The molecule has 0 spiro atoms. The number of hydrogen-bond acceptors (Lipinski definition) is 4. The lowest BCUT2D eigenvalue weighted by Crippen LogP contribution is -2.26. The average Bonchev–Trinajstić information content (AvgIpc) is 2.46. The van der Waals surface area contributed by atoms with Crippen molar-refractivity contribution >= 4 is 5.97 Å². The molecule has 1 saturated heterocycles. The first-order valence-electron chi connectivity index (χ1n) is 6.82. The van der Waals surface area contributed by atoms with Crippen molar-refractivity contribution in [2.75, 3.05) is 20.3 Å². The first-order valence-corrected chi connectivity index (χ1v) is 6.82. The number of carboxylic acids is 1. The molecule has 0 saturated carbocycles. The van der Waals surface area contributed by atoms with Gasteiger partial charge in [-0.2, -0.15) is 0 Å². The summed E-state index contributed by atoms with van der Waals surface area (Å²) in [6.45, 7) is 1.43. The maximum absolute atomic E-state index is 10.6. The van der Waals surface area contributed by atoms with Crippen LogP contribution in [0, 0.1) is 0 Å². The molecule has 1 aliphatic rings. The molecule has 1 aromatic rings. The Morgan fingerprint density at radius 2 is 2.10 bits per heavy atom. The molecule has 20 heavy (non-hydrogen) atoms. The van der Waals surface area contributed by atoms with Crippen molar-refractivity contribution in [2.45, 2.75) is 31.8 Å². The minimum atomic E-state index is -0.798. The lowest BCUT2D eigenvalue weighted by Gasteiger charge is -2.24. The van der Waals surface area contributed by atoms with E-state index in [9.17, 15) is 4.79 Å². The number of aryl methyl sites for hydroxylation is 1. The van der Waals surface area contributed by atoms with Gasteiger partial charge < -0.3 is 19.3 Å². The SMILES string of the molecule is COc1ccc(CCC(=O)O)cc1OC1CCOCC1. The van der Waals surface area contributed by atoms with E-state index in [1.165, 1.54) is 0 Å². The molecule has 0 atom stereocenters. The fraction of sp³-hybridized carbons (Fsp3) is 0.533. The molecular weight excluding hydrogens is 260 g/mol. The van der Waals surface area contributed by atoms with Crippen molar-refractivity contribution in [3.63, 3.8) is 0 Å². The lowest BCUT2D eigenvalue weighted by atomic mass is 10.1. The first kappa shape index (κ1) is 14.7. The van der Waals surface area contributed by atoms with Crippen LogP contribution in [0.25, 0.3) is 0 Å².